The first-order chi connectivity index (χ1) is 12.5. The lowest BCUT2D eigenvalue weighted by Crippen LogP contribution is -2.41. The summed E-state index contributed by atoms with van der Waals surface area (Å²) in [6, 6.07) is 16.4. The molecule has 1 aliphatic rings. The maximum Gasteiger partial charge on any atom is 0.251 e. The molecule has 3 rings (SSSR count). The van der Waals surface area contributed by atoms with E-state index in [0.717, 1.165) is 11.1 Å². The predicted octanol–water partition coefficient (Wildman–Crippen LogP) is 2.10. The molecule has 0 unspecified atom stereocenters. The largest absolute Gasteiger partial charge is 0.340 e. The highest BCUT2D eigenvalue weighted by atomic mass is 32.2. The van der Waals surface area contributed by atoms with Gasteiger partial charge in [-0.05, 0) is 29.7 Å². The van der Waals surface area contributed by atoms with Gasteiger partial charge in [0.2, 0.25) is 5.91 Å². The van der Waals surface area contributed by atoms with E-state index in [9.17, 15) is 13.8 Å². The topological polar surface area (TPSA) is 66.5 Å². The molecule has 1 saturated heterocycles. The first-order valence-corrected chi connectivity index (χ1v) is 10.3. The van der Waals surface area contributed by atoms with Crippen molar-refractivity contribution in [2.75, 3.05) is 12.8 Å². The fourth-order valence-corrected chi connectivity index (χ4v) is 3.76. The Kier molecular flexibility index (Phi) is 5.83. The summed E-state index contributed by atoms with van der Waals surface area (Å²) in [5.41, 5.74) is 2.41. The summed E-state index contributed by atoms with van der Waals surface area (Å²) in [5.74, 6) is 0.0931. The number of nitrogens with one attached hydrogen (secondary N) is 1. The lowest BCUT2D eigenvalue weighted by Gasteiger charge is -2.17. The van der Waals surface area contributed by atoms with Crippen LogP contribution in [-0.2, 0) is 27.9 Å². The second-order valence-corrected chi connectivity index (χ2v) is 7.91. The van der Waals surface area contributed by atoms with E-state index in [1.54, 1.807) is 29.4 Å². The molecule has 2 atom stereocenters. The van der Waals surface area contributed by atoms with Crippen LogP contribution < -0.4 is 5.32 Å². The summed E-state index contributed by atoms with van der Waals surface area (Å²) >= 11 is 0. The van der Waals surface area contributed by atoms with E-state index in [1.165, 1.54) is 0 Å². The van der Waals surface area contributed by atoms with Crippen molar-refractivity contribution in [3.63, 3.8) is 0 Å². The van der Waals surface area contributed by atoms with Crippen LogP contribution in [0.3, 0.4) is 0 Å². The molecular formula is C20H22N2O3S. The third kappa shape index (κ3) is 4.58. The van der Waals surface area contributed by atoms with Crippen molar-refractivity contribution in [3.05, 3.63) is 71.3 Å². The number of hydrogen-bond acceptors (Lipinski definition) is 3. The van der Waals surface area contributed by atoms with Crippen molar-refractivity contribution in [3.8, 4) is 0 Å². The van der Waals surface area contributed by atoms with Gasteiger partial charge >= 0.3 is 0 Å². The second kappa shape index (κ2) is 8.27. The third-order valence-electron chi connectivity index (χ3n) is 4.38. The molecule has 0 saturated carbocycles. The number of benzene rings is 2. The van der Waals surface area contributed by atoms with E-state index in [-0.39, 0.29) is 11.8 Å². The van der Waals surface area contributed by atoms with Crippen molar-refractivity contribution < 1.29 is 13.8 Å². The Hall–Kier alpha value is -2.47. The van der Waals surface area contributed by atoms with Gasteiger partial charge in [0.05, 0.1) is 0 Å². The van der Waals surface area contributed by atoms with Crippen LogP contribution in [0.1, 0.15) is 27.9 Å². The summed E-state index contributed by atoms with van der Waals surface area (Å²) in [6.07, 6.45) is 2.24. The van der Waals surface area contributed by atoms with Crippen LogP contribution in [0.5, 0.6) is 0 Å². The average molecular weight is 370 g/mol. The van der Waals surface area contributed by atoms with Gasteiger partial charge < -0.3 is 10.2 Å². The Labute approximate surface area is 155 Å². The van der Waals surface area contributed by atoms with Crippen molar-refractivity contribution in [1.82, 2.24) is 10.2 Å². The van der Waals surface area contributed by atoms with Gasteiger partial charge in [-0.15, -0.1) is 0 Å². The highest BCUT2D eigenvalue weighted by Crippen LogP contribution is 2.16. The molecule has 1 N–H and O–H groups in total. The number of hydrogen-bond donors (Lipinski definition) is 1. The molecule has 2 aromatic rings. The molecule has 0 aliphatic carbocycles. The van der Waals surface area contributed by atoms with Gasteiger partial charge in [-0.2, -0.15) is 0 Å². The van der Waals surface area contributed by atoms with E-state index in [4.69, 9.17) is 0 Å². The maximum atomic E-state index is 12.6. The van der Waals surface area contributed by atoms with Crippen LogP contribution in [0.4, 0.5) is 0 Å². The van der Waals surface area contributed by atoms with Crippen LogP contribution in [0, 0.1) is 0 Å². The fourth-order valence-electron chi connectivity index (χ4n) is 3.11. The average Bonchev–Trinajstić information content (AvgIpc) is 2.95. The SMILES string of the molecule is C[S@](=O)Cc1cccc(C(=O)N[C@@H]2CCN(Cc3ccccc3)C2=O)c1. The summed E-state index contributed by atoms with van der Waals surface area (Å²) in [4.78, 5) is 26.8. The van der Waals surface area contributed by atoms with Gasteiger partial charge in [-0.1, -0.05) is 42.5 Å². The van der Waals surface area contributed by atoms with Gasteiger partial charge in [0, 0.05) is 41.5 Å². The number of likely N-dealkylation sites (tertiary alicyclic amines) is 1. The van der Waals surface area contributed by atoms with E-state index >= 15 is 0 Å². The zero-order valence-electron chi connectivity index (χ0n) is 14.7. The maximum absolute atomic E-state index is 12.6. The monoisotopic (exact) mass is 370 g/mol. The number of nitrogens with zero attached hydrogens (tertiary/aromatic N) is 1. The minimum absolute atomic E-state index is 0.0481. The van der Waals surface area contributed by atoms with E-state index in [1.807, 2.05) is 36.4 Å². The number of rotatable bonds is 6. The molecule has 2 aromatic carbocycles. The highest BCUT2D eigenvalue weighted by molar-refractivity contribution is 7.83. The quantitative estimate of drug-likeness (QED) is 0.847. The van der Waals surface area contributed by atoms with Gasteiger partial charge in [0.1, 0.15) is 6.04 Å². The third-order valence-corrected chi connectivity index (χ3v) is 5.12. The zero-order chi connectivity index (χ0) is 18.5. The number of amides is 2. The Morgan fingerprint density at radius 2 is 1.88 bits per heavy atom. The van der Waals surface area contributed by atoms with Crippen LogP contribution in [0.2, 0.25) is 0 Å². The standard InChI is InChI=1S/C20H22N2O3S/c1-26(25)14-16-8-5-9-17(12-16)19(23)21-18-10-11-22(20(18)24)13-15-6-3-2-4-7-15/h2-9,12,18H,10-11,13-14H2,1H3,(H,21,23)/t18-,26+/m1/s1. The van der Waals surface area contributed by atoms with E-state index in [0.29, 0.717) is 30.8 Å². The molecule has 1 aliphatic heterocycles. The van der Waals surface area contributed by atoms with Crippen molar-refractivity contribution >= 4 is 22.6 Å². The van der Waals surface area contributed by atoms with Gasteiger partial charge in [-0.3, -0.25) is 13.8 Å². The molecule has 5 nitrogen and oxygen atoms in total. The molecule has 0 aromatic heterocycles. The number of carbonyl (C=O) groups is 2. The minimum Gasteiger partial charge on any atom is -0.340 e. The Bertz CT molecular complexity index is 823. The van der Waals surface area contributed by atoms with E-state index in [2.05, 4.69) is 5.32 Å². The molecule has 6 heteroatoms. The molecule has 26 heavy (non-hydrogen) atoms. The van der Waals surface area contributed by atoms with Gasteiger partial charge in [-0.25, -0.2) is 0 Å². The Balaban J connectivity index is 1.61. The van der Waals surface area contributed by atoms with Gasteiger partial charge in [0.15, 0.2) is 0 Å². The molecule has 0 spiro atoms. The summed E-state index contributed by atoms with van der Waals surface area (Å²) in [5, 5.41) is 2.84. The van der Waals surface area contributed by atoms with Crippen LogP contribution in [0.25, 0.3) is 0 Å². The summed E-state index contributed by atoms with van der Waals surface area (Å²) in [6.45, 7) is 1.19. The Morgan fingerprint density at radius 1 is 1.15 bits per heavy atom. The summed E-state index contributed by atoms with van der Waals surface area (Å²) < 4.78 is 11.4. The molecule has 0 radical (unpaired) electrons. The zero-order valence-corrected chi connectivity index (χ0v) is 15.5. The minimum atomic E-state index is -0.965. The Morgan fingerprint density at radius 3 is 2.62 bits per heavy atom. The molecule has 136 valence electrons. The lowest BCUT2D eigenvalue weighted by atomic mass is 10.1. The normalized spacial score (nSPS) is 18.0. The highest BCUT2D eigenvalue weighted by Gasteiger charge is 2.32. The molecule has 2 amide bonds. The van der Waals surface area contributed by atoms with Crippen LogP contribution >= 0.6 is 0 Å². The fraction of sp³-hybridized carbons (Fsp3) is 0.300. The molecule has 0 bridgehead atoms. The van der Waals surface area contributed by atoms with Crippen LogP contribution in [0.15, 0.2) is 54.6 Å². The van der Waals surface area contributed by atoms with Crippen molar-refractivity contribution in [2.45, 2.75) is 24.8 Å². The predicted molar refractivity (Wildman–Crippen MR) is 102 cm³/mol. The molecule has 1 heterocycles. The molecule has 1 fully saturated rings. The van der Waals surface area contributed by atoms with Gasteiger partial charge in [0.25, 0.3) is 5.91 Å². The van der Waals surface area contributed by atoms with Crippen molar-refractivity contribution in [2.24, 2.45) is 0 Å². The lowest BCUT2D eigenvalue weighted by molar-refractivity contribution is -0.129. The second-order valence-electron chi connectivity index (χ2n) is 6.48. The smallest absolute Gasteiger partial charge is 0.251 e. The number of carbonyl (C=O) groups excluding carboxylic acids is 2. The van der Waals surface area contributed by atoms with E-state index < -0.39 is 16.8 Å². The van der Waals surface area contributed by atoms with Crippen LogP contribution in [-0.4, -0.2) is 39.8 Å². The summed E-state index contributed by atoms with van der Waals surface area (Å²) in [7, 11) is -0.965. The first kappa shape index (κ1) is 18.3. The van der Waals surface area contributed by atoms with Crippen molar-refractivity contribution in [1.29, 1.82) is 0 Å². The molecular weight excluding hydrogens is 348 g/mol. The first-order valence-electron chi connectivity index (χ1n) is 8.55.